The van der Waals surface area contributed by atoms with E-state index < -0.39 is 11.6 Å². The van der Waals surface area contributed by atoms with Crippen molar-refractivity contribution in [2.45, 2.75) is 20.8 Å². The summed E-state index contributed by atoms with van der Waals surface area (Å²) in [5, 5.41) is 0. The zero-order chi connectivity index (χ0) is 14.2. The van der Waals surface area contributed by atoms with Gasteiger partial charge in [-0.25, -0.2) is 8.78 Å². The van der Waals surface area contributed by atoms with E-state index in [1.165, 1.54) is 6.07 Å². The number of aryl methyl sites for hydroxylation is 3. The zero-order valence-corrected chi connectivity index (χ0v) is 11.1. The van der Waals surface area contributed by atoms with Gasteiger partial charge in [0.05, 0.1) is 0 Å². The van der Waals surface area contributed by atoms with Gasteiger partial charge < -0.3 is 0 Å². The summed E-state index contributed by atoms with van der Waals surface area (Å²) >= 11 is 0. The van der Waals surface area contributed by atoms with Crippen LogP contribution < -0.4 is 0 Å². The van der Waals surface area contributed by atoms with Gasteiger partial charge in [0, 0.05) is 11.1 Å². The van der Waals surface area contributed by atoms with E-state index in [0.29, 0.717) is 5.56 Å². The minimum atomic E-state index is -1.01. The molecule has 0 fully saturated rings. The van der Waals surface area contributed by atoms with Crippen LogP contribution in [0.15, 0.2) is 30.3 Å². The molecule has 0 aliphatic rings. The summed E-state index contributed by atoms with van der Waals surface area (Å²) in [4.78, 5) is 12.4. The highest BCUT2D eigenvalue weighted by molar-refractivity contribution is 6.10. The van der Waals surface area contributed by atoms with Crippen molar-refractivity contribution in [2.75, 3.05) is 0 Å². The Morgan fingerprint density at radius 2 is 1.47 bits per heavy atom. The quantitative estimate of drug-likeness (QED) is 0.742. The first kappa shape index (κ1) is 13.4. The highest BCUT2D eigenvalue weighted by Gasteiger charge is 2.16. The molecule has 0 saturated heterocycles. The molecule has 19 heavy (non-hydrogen) atoms. The van der Waals surface area contributed by atoms with Crippen LogP contribution in [0.3, 0.4) is 0 Å². The summed E-state index contributed by atoms with van der Waals surface area (Å²) in [6.07, 6.45) is 0. The lowest BCUT2D eigenvalue weighted by atomic mass is 9.93. The highest BCUT2D eigenvalue weighted by Crippen LogP contribution is 2.21. The average Bonchev–Trinajstić information content (AvgIpc) is 2.31. The summed E-state index contributed by atoms with van der Waals surface area (Å²) in [5.74, 6) is -2.24. The first-order chi connectivity index (χ1) is 8.90. The normalized spacial score (nSPS) is 10.6. The van der Waals surface area contributed by atoms with Crippen molar-refractivity contribution in [3.63, 3.8) is 0 Å². The maximum Gasteiger partial charge on any atom is 0.193 e. The number of carbonyl (C=O) groups excluding carboxylic acids is 1. The first-order valence-corrected chi connectivity index (χ1v) is 5.97. The SMILES string of the molecule is Cc1cc(C)c(C(=O)c2ccc(F)c(F)c2)c(C)c1. The van der Waals surface area contributed by atoms with Gasteiger partial charge in [-0.15, -0.1) is 0 Å². The monoisotopic (exact) mass is 260 g/mol. The molecule has 0 N–H and O–H groups in total. The molecule has 0 aliphatic carbocycles. The van der Waals surface area contributed by atoms with Gasteiger partial charge >= 0.3 is 0 Å². The van der Waals surface area contributed by atoms with Crippen LogP contribution in [0, 0.1) is 32.4 Å². The predicted octanol–water partition coefficient (Wildman–Crippen LogP) is 4.12. The van der Waals surface area contributed by atoms with Crippen LogP contribution in [0.5, 0.6) is 0 Å². The fraction of sp³-hybridized carbons (Fsp3) is 0.188. The van der Waals surface area contributed by atoms with Crippen molar-refractivity contribution in [1.82, 2.24) is 0 Å². The lowest BCUT2D eigenvalue weighted by Gasteiger charge is -2.10. The van der Waals surface area contributed by atoms with Crippen LogP contribution in [0.25, 0.3) is 0 Å². The Kier molecular flexibility index (Phi) is 3.47. The predicted molar refractivity (Wildman–Crippen MR) is 70.4 cm³/mol. The molecule has 0 unspecified atom stereocenters. The second-order valence-electron chi connectivity index (χ2n) is 4.73. The number of ketones is 1. The molecule has 0 heterocycles. The molecule has 2 rings (SSSR count). The molecule has 3 heteroatoms. The molecule has 2 aromatic carbocycles. The standard InChI is InChI=1S/C16H14F2O/c1-9-6-10(2)15(11(3)7-9)16(19)12-4-5-13(17)14(18)8-12/h4-8H,1-3H3. The van der Waals surface area contributed by atoms with Crippen molar-refractivity contribution >= 4 is 5.78 Å². The third kappa shape index (κ3) is 2.55. The Morgan fingerprint density at radius 3 is 2.00 bits per heavy atom. The fourth-order valence-electron chi connectivity index (χ4n) is 2.32. The van der Waals surface area contributed by atoms with E-state index in [0.717, 1.165) is 28.8 Å². The van der Waals surface area contributed by atoms with Gasteiger partial charge in [0.1, 0.15) is 0 Å². The van der Waals surface area contributed by atoms with E-state index in [1.54, 1.807) is 0 Å². The van der Waals surface area contributed by atoms with E-state index in [-0.39, 0.29) is 11.3 Å². The van der Waals surface area contributed by atoms with Crippen LogP contribution in [0.1, 0.15) is 32.6 Å². The van der Waals surface area contributed by atoms with E-state index in [2.05, 4.69) is 0 Å². The smallest absolute Gasteiger partial charge is 0.193 e. The number of carbonyl (C=O) groups is 1. The lowest BCUT2D eigenvalue weighted by Crippen LogP contribution is -2.07. The molecule has 0 saturated carbocycles. The minimum absolute atomic E-state index is 0.161. The fourth-order valence-corrected chi connectivity index (χ4v) is 2.32. The summed E-state index contributed by atoms with van der Waals surface area (Å²) in [5.41, 5.74) is 3.46. The molecule has 0 atom stereocenters. The molecular formula is C16H14F2O. The molecule has 0 bridgehead atoms. The molecule has 0 aromatic heterocycles. The Bertz CT molecular complexity index is 637. The first-order valence-electron chi connectivity index (χ1n) is 5.97. The number of hydrogen-bond acceptors (Lipinski definition) is 1. The zero-order valence-electron chi connectivity index (χ0n) is 11.1. The molecule has 1 nitrogen and oxygen atoms in total. The van der Waals surface area contributed by atoms with Gasteiger partial charge in [0.2, 0.25) is 0 Å². The van der Waals surface area contributed by atoms with Gasteiger partial charge in [0.25, 0.3) is 0 Å². The molecular weight excluding hydrogens is 246 g/mol. The van der Waals surface area contributed by atoms with Crippen molar-refractivity contribution in [3.05, 3.63) is 69.8 Å². The van der Waals surface area contributed by atoms with E-state index in [1.807, 2.05) is 32.9 Å². The summed E-state index contributed by atoms with van der Waals surface area (Å²) in [7, 11) is 0. The van der Waals surface area contributed by atoms with Crippen LogP contribution >= 0.6 is 0 Å². The lowest BCUT2D eigenvalue weighted by molar-refractivity contribution is 0.103. The van der Waals surface area contributed by atoms with E-state index in [4.69, 9.17) is 0 Å². The summed E-state index contributed by atoms with van der Waals surface area (Å²) in [6.45, 7) is 5.63. The molecule has 0 spiro atoms. The Hall–Kier alpha value is -2.03. The Morgan fingerprint density at radius 1 is 0.895 bits per heavy atom. The maximum absolute atomic E-state index is 13.2. The summed E-state index contributed by atoms with van der Waals surface area (Å²) < 4.78 is 26.1. The molecule has 0 aliphatic heterocycles. The molecule has 0 amide bonds. The number of rotatable bonds is 2. The van der Waals surface area contributed by atoms with Gasteiger partial charge in [-0.2, -0.15) is 0 Å². The van der Waals surface area contributed by atoms with Crippen LogP contribution in [0.4, 0.5) is 8.78 Å². The van der Waals surface area contributed by atoms with Crippen molar-refractivity contribution in [1.29, 1.82) is 0 Å². The van der Waals surface area contributed by atoms with E-state index >= 15 is 0 Å². The maximum atomic E-state index is 13.2. The third-order valence-electron chi connectivity index (χ3n) is 3.09. The van der Waals surface area contributed by atoms with Crippen LogP contribution in [0.2, 0.25) is 0 Å². The highest BCUT2D eigenvalue weighted by atomic mass is 19.2. The second-order valence-corrected chi connectivity index (χ2v) is 4.73. The van der Waals surface area contributed by atoms with Crippen molar-refractivity contribution in [3.8, 4) is 0 Å². The largest absolute Gasteiger partial charge is 0.289 e. The van der Waals surface area contributed by atoms with Crippen molar-refractivity contribution in [2.24, 2.45) is 0 Å². The van der Waals surface area contributed by atoms with Gasteiger partial charge in [-0.1, -0.05) is 17.7 Å². The van der Waals surface area contributed by atoms with Crippen molar-refractivity contribution < 1.29 is 13.6 Å². The van der Waals surface area contributed by atoms with Crippen LogP contribution in [-0.2, 0) is 0 Å². The average molecular weight is 260 g/mol. The summed E-state index contributed by atoms with van der Waals surface area (Å²) in [6, 6.07) is 7.03. The molecule has 0 radical (unpaired) electrons. The second kappa shape index (κ2) is 4.92. The Labute approximate surface area is 110 Å². The minimum Gasteiger partial charge on any atom is -0.289 e. The number of benzene rings is 2. The third-order valence-corrected chi connectivity index (χ3v) is 3.09. The molecule has 2 aromatic rings. The number of halogens is 2. The van der Waals surface area contributed by atoms with Gasteiger partial charge in [-0.3, -0.25) is 4.79 Å². The van der Waals surface area contributed by atoms with Crippen LogP contribution in [-0.4, -0.2) is 5.78 Å². The van der Waals surface area contributed by atoms with E-state index in [9.17, 15) is 13.6 Å². The van der Waals surface area contributed by atoms with Gasteiger partial charge in [-0.05, 0) is 50.1 Å². The molecule has 98 valence electrons. The Balaban J connectivity index is 2.53. The topological polar surface area (TPSA) is 17.1 Å². The van der Waals surface area contributed by atoms with Gasteiger partial charge in [0.15, 0.2) is 17.4 Å². The number of hydrogen-bond donors (Lipinski definition) is 0.